The molecule has 4 bridgehead atoms. The predicted molar refractivity (Wildman–Crippen MR) is 105 cm³/mol. The molecule has 0 spiro atoms. The van der Waals surface area contributed by atoms with Gasteiger partial charge in [-0.2, -0.15) is 0 Å². The maximum absolute atomic E-state index is 6.61. The maximum atomic E-state index is 6.61. The van der Waals surface area contributed by atoms with Gasteiger partial charge in [0, 0.05) is 12.8 Å². The molecule has 0 N–H and O–H groups in total. The Labute approximate surface area is 156 Å². The van der Waals surface area contributed by atoms with Gasteiger partial charge in [-0.1, -0.05) is 54.6 Å². The molecular formula is C22H25O3P. The van der Waals surface area contributed by atoms with E-state index in [2.05, 4.69) is 82.3 Å². The predicted octanol–water partition coefficient (Wildman–Crippen LogP) is 5.20. The Morgan fingerprint density at radius 2 is 1.23 bits per heavy atom. The van der Waals surface area contributed by atoms with Crippen LogP contribution in [0.2, 0.25) is 0 Å². The van der Waals surface area contributed by atoms with Crippen LogP contribution in [0.1, 0.15) is 40.5 Å². The Balaban J connectivity index is 1.69. The quantitative estimate of drug-likeness (QED) is 0.682. The molecule has 4 unspecified atom stereocenters. The van der Waals surface area contributed by atoms with Crippen LogP contribution in [0.5, 0.6) is 0 Å². The zero-order valence-electron chi connectivity index (χ0n) is 15.8. The van der Waals surface area contributed by atoms with E-state index in [9.17, 15) is 0 Å². The molecule has 0 aliphatic carbocycles. The minimum absolute atomic E-state index is 0.257. The molecule has 4 fully saturated rings. The van der Waals surface area contributed by atoms with Crippen molar-refractivity contribution >= 4 is 13.2 Å². The Morgan fingerprint density at radius 3 is 1.85 bits per heavy atom. The lowest BCUT2D eigenvalue weighted by Crippen LogP contribution is -2.72. The minimum Gasteiger partial charge on any atom is -0.339 e. The second-order valence-corrected chi connectivity index (χ2v) is 11.5. The highest BCUT2D eigenvalue weighted by Crippen LogP contribution is 2.76. The SMILES string of the molecule is CC12CC3(C)OC(C)(CC(C)(O1)P3c1ccccc1-c1ccccc1)O2. The number of ether oxygens (including phenoxy) is 3. The Kier molecular flexibility index (Phi) is 3.36. The molecule has 4 saturated heterocycles. The average molecular weight is 368 g/mol. The number of rotatable bonds is 2. The first kappa shape index (κ1) is 16.9. The molecule has 26 heavy (non-hydrogen) atoms. The van der Waals surface area contributed by atoms with Gasteiger partial charge in [0.1, 0.15) is 0 Å². The second-order valence-electron chi connectivity index (χ2n) is 8.50. The maximum Gasteiger partial charge on any atom is 0.173 e. The van der Waals surface area contributed by atoms with Crippen molar-refractivity contribution in [2.24, 2.45) is 0 Å². The number of hydrogen-bond acceptors (Lipinski definition) is 3. The molecule has 0 saturated carbocycles. The third-order valence-electron chi connectivity index (χ3n) is 5.78. The molecule has 4 aliphatic rings. The van der Waals surface area contributed by atoms with E-state index in [1.54, 1.807) is 0 Å². The molecule has 0 radical (unpaired) electrons. The van der Waals surface area contributed by atoms with Crippen molar-refractivity contribution in [2.45, 2.75) is 62.8 Å². The van der Waals surface area contributed by atoms with Gasteiger partial charge >= 0.3 is 0 Å². The molecule has 4 aliphatic heterocycles. The summed E-state index contributed by atoms with van der Waals surface area (Å²) in [6.07, 6.45) is 1.53. The summed E-state index contributed by atoms with van der Waals surface area (Å²) in [6, 6.07) is 19.4. The van der Waals surface area contributed by atoms with E-state index < -0.39 is 19.5 Å². The Bertz CT molecular complexity index is 821. The Hall–Kier alpha value is -1.25. The highest BCUT2D eigenvalue weighted by molar-refractivity contribution is 7.68. The average Bonchev–Trinajstić information content (AvgIpc) is 2.51. The van der Waals surface area contributed by atoms with Crippen molar-refractivity contribution in [1.82, 2.24) is 0 Å². The first-order chi connectivity index (χ1) is 12.2. The van der Waals surface area contributed by atoms with E-state index in [1.807, 2.05) is 0 Å². The van der Waals surface area contributed by atoms with Crippen LogP contribution in [-0.4, -0.2) is 22.3 Å². The summed E-state index contributed by atoms with van der Waals surface area (Å²) in [4.78, 5) is 0. The van der Waals surface area contributed by atoms with Gasteiger partial charge in [-0.3, -0.25) is 0 Å². The standard InChI is InChI=1S/C22H25O3P/c1-19-14-21(3)25-20(2,23-19)15-22(4,24-19)26(21)18-13-9-8-12-17(18)16-10-6-5-7-11-16/h5-13H,14-15H2,1-4H3. The minimum atomic E-state index is -0.698. The van der Waals surface area contributed by atoms with Gasteiger partial charge in [-0.15, -0.1) is 0 Å². The first-order valence-electron chi connectivity index (χ1n) is 9.30. The summed E-state index contributed by atoms with van der Waals surface area (Å²) >= 11 is 0. The monoisotopic (exact) mass is 368 g/mol. The van der Waals surface area contributed by atoms with Crippen LogP contribution in [0.3, 0.4) is 0 Å². The van der Waals surface area contributed by atoms with E-state index in [0.717, 1.165) is 12.8 Å². The van der Waals surface area contributed by atoms with Crippen LogP contribution in [0, 0.1) is 0 Å². The van der Waals surface area contributed by atoms with Crippen LogP contribution in [0.25, 0.3) is 11.1 Å². The van der Waals surface area contributed by atoms with Crippen LogP contribution < -0.4 is 5.30 Å². The van der Waals surface area contributed by atoms with Crippen molar-refractivity contribution in [1.29, 1.82) is 0 Å². The molecule has 2 aromatic rings. The van der Waals surface area contributed by atoms with Gasteiger partial charge < -0.3 is 14.2 Å². The van der Waals surface area contributed by atoms with Crippen molar-refractivity contribution in [2.75, 3.05) is 0 Å². The molecule has 4 heterocycles. The third kappa shape index (κ3) is 2.34. The Morgan fingerprint density at radius 1 is 0.692 bits per heavy atom. The van der Waals surface area contributed by atoms with Gasteiger partial charge in [0.15, 0.2) is 11.6 Å². The highest BCUT2D eigenvalue weighted by atomic mass is 31.1. The first-order valence-corrected chi connectivity index (χ1v) is 10.6. The van der Waals surface area contributed by atoms with Gasteiger partial charge in [-0.25, -0.2) is 0 Å². The van der Waals surface area contributed by atoms with E-state index in [-0.39, 0.29) is 10.7 Å². The van der Waals surface area contributed by atoms with Crippen LogP contribution in [0.15, 0.2) is 54.6 Å². The van der Waals surface area contributed by atoms with Gasteiger partial charge in [0.25, 0.3) is 0 Å². The summed E-state index contributed by atoms with van der Waals surface area (Å²) in [5.41, 5.74) is 2.54. The number of hydrogen-bond donors (Lipinski definition) is 0. The lowest BCUT2D eigenvalue weighted by molar-refractivity contribution is -0.467. The molecule has 0 amide bonds. The molecule has 2 aromatic carbocycles. The summed E-state index contributed by atoms with van der Waals surface area (Å²) in [5, 5.41) is 0.852. The van der Waals surface area contributed by atoms with Crippen molar-refractivity contribution < 1.29 is 14.2 Å². The highest BCUT2D eigenvalue weighted by Gasteiger charge is 2.71. The molecule has 0 aromatic heterocycles. The van der Waals surface area contributed by atoms with E-state index in [4.69, 9.17) is 14.2 Å². The zero-order valence-corrected chi connectivity index (χ0v) is 16.7. The molecule has 4 atom stereocenters. The fourth-order valence-electron chi connectivity index (χ4n) is 5.63. The normalized spacial score (nSPS) is 43.6. The lowest BCUT2D eigenvalue weighted by Gasteiger charge is -2.69. The van der Waals surface area contributed by atoms with Crippen molar-refractivity contribution in [3.8, 4) is 11.1 Å². The lowest BCUT2D eigenvalue weighted by atomic mass is 9.98. The van der Waals surface area contributed by atoms with E-state index in [0.29, 0.717) is 0 Å². The fraction of sp³-hybridized carbons (Fsp3) is 0.455. The van der Waals surface area contributed by atoms with Crippen LogP contribution in [0.4, 0.5) is 0 Å². The summed E-state index contributed by atoms with van der Waals surface area (Å²) in [5.74, 6) is -1.12. The molecule has 3 nitrogen and oxygen atoms in total. The summed E-state index contributed by atoms with van der Waals surface area (Å²) < 4.78 is 19.4. The number of benzene rings is 2. The largest absolute Gasteiger partial charge is 0.339 e. The second kappa shape index (κ2) is 5.17. The molecule has 136 valence electrons. The van der Waals surface area contributed by atoms with Gasteiger partial charge in [-0.05, 0) is 52.0 Å². The van der Waals surface area contributed by atoms with E-state index >= 15 is 0 Å². The fourth-order valence-corrected chi connectivity index (χ4v) is 9.79. The van der Waals surface area contributed by atoms with E-state index in [1.165, 1.54) is 16.4 Å². The zero-order chi connectivity index (χ0) is 18.2. The van der Waals surface area contributed by atoms with Crippen molar-refractivity contribution in [3.63, 3.8) is 0 Å². The topological polar surface area (TPSA) is 27.7 Å². The van der Waals surface area contributed by atoms with Gasteiger partial charge in [0.05, 0.1) is 10.7 Å². The molecular weight excluding hydrogens is 343 g/mol. The summed E-state index contributed by atoms with van der Waals surface area (Å²) in [7, 11) is -0.698. The summed E-state index contributed by atoms with van der Waals surface area (Å²) in [6.45, 7) is 8.66. The molecule has 4 heteroatoms. The molecule has 6 rings (SSSR count). The van der Waals surface area contributed by atoms with Crippen LogP contribution in [-0.2, 0) is 14.2 Å². The van der Waals surface area contributed by atoms with Gasteiger partial charge in [0.2, 0.25) is 0 Å². The van der Waals surface area contributed by atoms with Crippen molar-refractivity contribution in [3.05, 3.63) is 54.6 Å². The third-order valence-corrected chi connectivity index (χ3v) is 9.04. The van der Waals surface area contributed by atoms with Crippen LogP contribution >= 0.6 is 7.92 Å². The smallest absolute Gasteiger partial charge is 0.173 e.